The first-order valence-electron chi connectivity index (χ1n) is 10.7. The number of fused-ring (bicyclic) bond motifs is 1. The van der Waals surface area contributed by atoms with Gasteiger partial charge in [-0.15, -0.1) is 0 Å². The number of aromatic nitrogens is 4. The van der Waals surface area contributed by atoms with Crippen molar-refractivity contribution in [1.29, 1.82) is 0 Å². The number of anilines is 2. The van der Waals surface area contributed by atoms with Crippen LogP contribution in [0.1, 0.15) is 37.8 Å². The van der Waals surface area contributed by atoms with Crippen molar-refractivity contribution in [3.05, 3.63) is 35.4 Å². The van der Waals surface area contributed by atoms with E-state index in [9.17, 15) is 0 Å². The van der Waals surface area contributed by atoms with Crippen LogP contribution in [0.25, 0.3) is 16.8 Å². The molecule has 1 aliphatic heterocycles. The van der Waals surface area contributed by atoms with Crippen LogP contribution in [-0.4, -0.2) is 45.5 Å². The molecule has 2 aliphatic rings. The molecule has 8 heteroatoms. The Morgan fingerprint density at radius 2 is 2.00 bits per heavy atom. The van der Waals surface area contributed by atoms with Gasteiger partial charge in [0.2, 0.25) is 5.95 Å². The summed E-state index contributed by atoms with van der Waals surface area (Å²) in [5.74, 6) is 1.27. The summed E-state index contributed by atoms with van der Waals surface area (Å²) in [5, 5.41) is 4.02. The van der Waals surface area contributed by atoms with E-state index in [2.05, 4.69) is 31.6 Å². The quantitative estimate of drug-likeness (QED) is 0.665. The SMILES string of the molecule is CN[C@@H]1CCCC12CCN(c1nc(C)c(-c3ccnc(N)c3Cl)c3nccn13)CC2. The summed E-state index contributed by atoms with van der Waals surface area (Å²) in [7, 11) is 2.11. The largest absolute Gasteiger partial charge is 0.382 e. The number of nitrogens with two attached hydrogens (primary N) is 1. The lowest BCUT2D eigenvalue weighted by atomic mass is 9.74. The zero-order valence-corrected chi connectivity index (χ0v) is 18.3. The van der Waals surface area contributed by atoms with Crippen LogP contribution >= 0.6 is 11.6 Å². The van der Waals surface area contributed by atoms with Gasteiger partial charge in [-0.3, -0.25) is 4.40 Å². The number of halogens is 1. The highest BCUT2D eigenvalue weighted by molar-refractivity contribution is 6.35. The Bertz CT molecular complexity index is 1080. The van der Waals surface area contributed by atoms with E-state index >= 15 is 0 Å². The second-order valence-corrected chi connectivity index (χ2v) is 9.01. The van der Waals surface area contributed by atoms with Crippen LogP contribution < -0.4 is 16.0 Å². The monoisotopic (exact) mass is 425 g/mol. The van der Waals surface area contributed by atoms with Gasteiger partial charge in [0.25, 0.3) is 0 Å². The van der Waals surface area contributed by atoms with Gasteiger partial charge in [-0.2, -0.15) is 0 Å². The van der Waals surface area contributed by atoms with Gasteiger partial charge < -0.3 is 16.0 Å². The van der Waals surface area contributed by atoms with Crippen LogP contribution in [0.3, 0.4) is 0 Å². The molecule has 0 unspecified atom stereocenters. The summed E-state index contributed by atoms with van der Waals surface area (Å²) in [6.45, 7) is 4.04. The van der Waals surface area contributed by atoms with E-state index < -0.39 is 0 Å². The minimum atomic E-state index is 0.319. The Morgan fingerprint density at radius 3 is 2.77 bits per heavy atom. The van der Waals surface area contributed by atoms with Crippen molar-refractivity contribution in [3.63, 3.8) is 0 Å². The van der Waals surface area contributed by atoms with Crippen molar-refractivity contribution >= 4 is 29.0 Å². The Kier molecular flexibility index (Phi) is 4.82. The van der Waals surface area contributed by atoms with Crippen LogP contribution in [0.5, 0.6) is 0 Å². The molecule has 4 heterocycles. The van der Waals surface area contributed by atoms with Gasteiger partial charge in [0.15, 0.2) is 0 Å². The molecule has 1 atom stereocenters. The third kappa shape index (κ3) is 2.94. The lowest BCUT2D eigenvalue weighted by molar-refractivity contribution is 0.177. The van der Waals surface area contributed by atoms with Crippen molar-refractivity contribution in [2.75, 3.05) is 30.8 Å². The van der Waals surface area contributed by atoms with Gasteiger partial charge in [-0.25, -0.2) is 15.0 Å². The molecule has 2 fully saturated rings. The third-order valence-corrected chi connectivity index (χ3v) is 7.59. The van der Waals surface area contributed by atoms with Gasteiger partial charge in [-0.05, 0) is 51.1 Å². The van der Waals surface area contributed by atoms with E-state index in [-0.39, 0.29) is 0 Å². The molecule has 3 aromatic rings. The Hall–Kier alpha value is -2.38. The zero-order valence-electron chi connectivity index (χ0n) is 17.5. The van der Waals surface area contributed by atoms with E-state index in [0.717, 1.165) is 41.5 Å². The molecule has 1 saturated heterocycles. The molecule has 0 aromatic carbocycles. The molecular weight excluding hydrogens is 398 g/mol. The van der Waals surface area contributed by atoms with Crippen LogP contribution in [0.4, 0.5) is 11.8 Å². The van der Waals surface area contributed by atoms with Gasteiger partial charge in [-0.1, -0.05) is 18.0 Å². The number of imidazole rings is 1. The second kappa shape index (κ2) is 7.39. The molecular formula is C22H28ClN7. The Balaban J connectivity index is 1.52. The standard InChI is InChI=1S/C22H28ClN7/c1-14-17(15-5-9-26-19(24)18(15)23)20-27-10-13-30(20)21(28-14)29-11-7-22(8-12-29)6-3-4-16(22)25-2/h5,9-10,13,16,25H,3-4,6-8,11-12H2,1-2H3,(H2,24,26)/t16-/m1/s1. The first kappa shape index (κ1) is 19.6. The molecule has 1 saturated carbocycles. The smallest absolute Gasteiger partial charge is 0.211 e. The van der Waals surface area contributed by atoms with Crippen LogP contribution in [-0.2, 0) is 0 Å². The minimum Gasteiger partial charge on any atom is -0.382 e. The Morgan fingerprint density at radius 1 is 1.20 bits per heavy atom. The number of nitrogens with zero attached hydrogens (tertiary/aromatic N) is 5. The predicted octanol–water partition coefficient (Wildman–Crippen LogP) is 3.69. The fraction of sp³-hybridized carbons (Fsp3) is 0.500. The van der Waals surface area contributed by atoms with E-state index in [1.54, 1.807) is 6.20 Å². The molecule has 1 spiro atoms. The fourth-order valence-electron chi connectivity index (χ4n) is 5.60. The first-order chi connectivity index (χ1) is 14.5. The molecule has 0 amide bonds. The molecule has 5 rings (SSSR count). The molecule has 0 radical (unpaired) electrons. The van der Waals surface area contributed by atoms with E-state index in [1.807, 2.05) is 25.4 Å². The predicted molar refractivity (Wildman–Crippen MR) is 121 cm³/mol. The summed E-state index contributed by atoms with van der Waals surface area (Å²) in [5.41, 5.74) is 9.85. The Labute approximate surface area is 181 Å². The molecule has 7 nitrogen and oxygen atoms in total. The zero-order chi connectivity index (χ0) is 20.9. The lowest BCUT2D eigenvalue weighted by Crippen LogP contribution is -2.48. The summed E-state index contributed by atoms with van der Waals surface area (Å²) >= 11 is 6.48. The van der Waals surface area contributed by atoms with Crippen LogP contribution in [0, 0.1) is 12.3 Å². The van der Waals surface area contributed by atoms with Crippen LogP contribution in [0.2, 0.25) is 5.02 Å². The number of nitrogen functional groups attached to an aromatic ring is 1. The maximum absolute atomic E-state index is 6.48. The summed E-state index contributed by atoms with van der Waals surface area (Å²) in [6.07, 6.45) is 11.8. The number of nitrogens with one attached hydrogen (secondary N) is 1. The molecule has 158 valence electrons. The van der Waals surface area contributed by atoms with E-state index in [4.69, 9.17) is 22.3 Å². The minimum absolute atomic E-state index is 0.319. The second-order valence-electron chi connectivity index (χ2n) is 8.63. The topological polar surface area (TPSA) is 84.4 Å². The molecule has 3 N–H and O–H groups in total. The van der Waals surface area contributed by atoms with E-state index in [0.29, 0.717) is 22.3 Å². The van der Waals surface area contributed by atoms with Crippen molar-refractivity contribution < 1.29 is 0 Å². The summed E-state index contributed by atoms with van der Waals surface area (Å²) in [4.78, 5) is 16.1. The van der Waals surface area contributed by atoms with Gasteiger partial charge in [0.05, 0.1) is 10.7 Å². The normalized spacial score (nSPS) is 21.0. The van der Waals surface area contributed by atoms with Crippen molar-refractivity contribution in [2.24, 2.45) is 5.41 Å². The van der Waals surface area contributed by atoms with Gasteiger partial charge in [0, 0.05) is 48.8 Å². The highest BCUT2D eigenvalue weighted by Crippen LogP contribution is 2.47. The molecule has 0 bridgehead atoms. The number of aryl methyl sites for hydroxylation is 1. The maximum atomic E-state index is 6.48. The van der Waals surface area contributed by atoms with Crippen LogP contribution in [0.15, 0.2) is 24.7 Å². The van der Waals surface area contributed by atoms with E-state index in [1.165, 1.54) is 32.1 Å². The first-order valence-corrected chi connectivity index (χ1v) is 11.1. The highest BCUT2D eigenvalue weighted by Gasteiger charge is 2.44. The van der Waals surface area contributed by atoms with Crippen molar-refractivity contribution in [2.45, 2.75) is 45.1 Å². The summed E-state index contributed by atoms with van der Waals surface area (Å²) in [6, 6.07) is 2.52. The number of piperidine rings is 1. The number of pyridine rings is 1. The molecule has 3 aromatic heterocycles. The maximum Gasteiger partial charge on any atom is 0.211 e. The molecule has 1 aliphatic carbocycles. The number of hydrogen-bond acceptors (Lipinski definition) is 6. The fourth-order valence-corrected chi connectivity index (χ4v) is 5.81. The average molecular weight is 426 g/mol. The van der Waals surface area contributed by atoms with Gasteiger partial charge >= 0.3 is 0 Å². The number of rotatable bonds is 3. The van der Waals surface area contributed by atoms with Gasteiger partial charge in [0.1, 0.15) is 11.5 Å². The molecule has 30 heavy (non-hydrogen) atoms. The average Bonchev–Trinajstić information content (AvgIpc) is 3.38. The van der Waals surface area contributed by atoms with Crippen molar-refractivity contribution in [3.8, 4) is 11.1 Å². The third-order valence-electron chi connectivity index (χ3n) is 7.19. The lowest BCUT2D eigenvalue weighted by Gasteiger charge is -2.43. The highest BCUT2D eigenvalue weighted by atomic mass is 35.5. The van der Waals surface area contributed by atoms with Crippen molar-refractivity contribution in [1.82, 2.24) is 24.7 Å². The summed E-state index contributed by atoms with van der Waals surface area (Å²) < 4.78 is 2.08. The number of hydrogen-bond donors (Lipinski definition) is 2.